The number of alkyl carbamates (subject to hydrolysis) is 1. The highest BCUT2D eigenvalue weighted by molar-refractivity contribution is 5.67. The number of aromatic nitrogens is 1. The topological polar surface area (TPSA) is 86.5 Å². The maximum absolute atomic E-state index is 11.5. The van der Waals surface area contributed by atoms with Crippen LogP contribution in [0.4, 0.5) is 4.79 Å². The van der Waals surface area contributed by atoms with E-state index in [9.17, 15) is 4.79 Å². The fourth-order valence-electron chi connectivity index (χ4n) is 1.59. The summed E-state index contributed by atoms with van der Waals surface area (Å²) in [5.74, 6) is 0.690. The van der Waals surface area contributed by atoms with Crippen LogP contribution < -0.4 is 15.8 Å². The van der Waals surface area contributed by atoms with E-state index in [1.54, 1.807) is 19.5 Å². The van der Waals surface area contributed by atoms with E-state index in [0.29, 0.717) is 18.7 Å². The summed E-state index contributed by atoms with van der Waals surface area (Å²) in [6.45, 7) is 5.78. The van der Waals surface area contributed by atoms with Crippen molar-refractivity contribution in [2.24, 2.45) is 5.73 Å². The van der Waals surface area contributed by atoms with Crippen molar-refractivity contribution in [2.45, 2.75) is 38.8 Å². The number of rotatable bonds is 5. The van der Waals surface area contributed by atoms with Crippen LogP contribution in [0.25, 0.3) is 0 Å². The van der Waals surface area contributed by atoms with Crippen LogP contribution in [0.15, 0.2) is 18.5 Å². The fourth-order valence-corrected chi connectivity index (χ4v) is 1.59. The van der Waals surface area contributed by atoms with E-state index in [-0.39, 0.29) is 6.04 Å². The zero-order valence-electron chi connectivity index (χ0n) is 12.5. The summed E-state index contributed by atoms with van der Waals surface area (Å²) in [4.78, 5) is 15.6. The number of nitrogens with one attached hydrogen (secondary N) is 1. The normalized spacial score (nSPS) is 12.7. The molecule has 1 rings (SSSR count). The van der Waals surface area contributed by atoms with Crippen LogP contribution >= 0.6 is 0 Å². The predicted molar refractivity (Wildman–Crippen MR) is 76.7 cm³/mol. The monoisotopic (exact) mass is 281 g/mol. The first kappa shape index (κ1) is 16.2. The molecule has 0 aliphatic rings. The highest BCUT2D eigenvalue weighted by atomic mass is 16.6. The molecule has 1 atom stereocenters. The van der Waals surface area contributed by atoms with Crippen LogP contribution in [0.1, 0.15) is 26.3 Å². The van der Waals surface area contributed by atoms with Gasteiger partial charge >= 0.3 is 6.09 Å². The van der Waals surface area contributed by atoms with E-state index >= 15 is 0 Å². The molecule has 0 bridgehead atoms. The van der Waals surface area contributed by atoms with Crippen LogP contribution in [-0.4, -0.2) is 36.4 Å². The molecule has 3 N–H and O–H groups in total. The Hall–Kier alpha value is -1.82. The Bertz CT molecular complexity index is 444. The summed E-state index contributed by atoms with van der Waals surface area (Å²) in [5, 5.41) is 2.65. The van der Waals surface area contributed by atoms with E-state index in [1.807, 2.05) is 26.8 Å². The van der Waals surface area contributed by atoms with Crippen LogP contribution in [0, 0.1) is 0 Å². The van der Waals surface area contributed by atoms with Crippen molar-refractivity contribution < 1.29 is 14.3 Å². The van der Waals surface area contributed by atoms with Gasteiger partial charge in [-0.15, -0.1) is 0 Å². The zero-order valence-corrected chi connectivity index (χ0v) is 12.5. The molecule has 0 fully saturated rings. The summed E-state index contributed by atoms with van der Waals surface area (Å²) in [6.07, 6.45) is 3.50. The number of carbonyl (C=O) groups is 1. The molecular formula is C14H23N3O3. The van der Waals surface area contributed by atoms with E-state index in [0.717, 1.165) is 5.56 Å². The van der Waals surface area contributed by atoms with Gasteiger partial charge in [0.15, 0.2) is 0 Å². The van der Waals surface area contributed by atoms with Crippen molar-refractivity contribution in [3.8, 4) is 5.75 Å². The third-order valence-corrected chi connectivity index (χ3v) is 2.41. The van der Waals surface area contributed by atoms with Crippen LogP contribution in [0.5, 0.6) is 5.75 Å². The number of pyridine rings is 1. The quantitative estimate of drug-likeness (QED) is 0.853. The molecule has 1 aromatic heterocycles. The second kappa shape index (κ2) is 7.09. The molecule has 6 nitrogen and oxygen atoms in total. The Labute approximate surface area is 119 Å². The van der Waals surface area contributed by atoms with Crippen molar-refractivity contribution in [3.05, 3.63) is 24.0 Å². The third-order valence-electron chi connectivity index (χ3n) is 2.41. The molecule has 1 heterocycles. The molecule has 112 valence electrons. The molecular weight excluding hydrogens is 258 g/mol. The molecule has 0 radical (unpaired) electrons. The maximum Gasteiger partial charge on any atom is 0.407 e. The number of amides is 1. The number of ether oxygens (including phenoxy) is 2. The molecule has 0 saturated heterocycles. The SMILES string of the molecule is COc1cncc(CC(N)CNC(=O)OC(C)(C)C)c1. The average molecular weight is 281 g/mol. The van der Waals surface area contributed by atoms with Gasteiger partial charge < -0.3 is 20.5 Å². The van der Waals surface area contributed by atoms with E-state index in [1.165, 1.54) is 0 Å². The lowest BCUT2D eigenvalue weighted by Gasteiger charge is -2.20. The standard InChI is InChI=1S/C14H23N3O3/c1-14(2,3)20-13(18)17-8-11(15)5-10-6-12(19-4)9-16-7-10/h6-7,9,11H,5,8,15H2,1-4H3,(H,17,18). The Morgan fingerprint density at radius 3 is 2.75 bits per heavy atom. The maximum atomic E-state index is 11.5. The first-order chi connectivity index (χ1) is 9.30. The van der Waals surface area contributed by atoms with Gasteiger partial charge in [0.25, 0.3) is 0 Å². The first-order valence-electron chi connectivity index (χ1n) is 6.50. The summed E-state index contributed by atoms with van der Waals surface area (Å²) < 4.78 is 10.2. The summed E-state index contributed by atoms with van der Waals surface area (Å²) >= 11 is 0. The largest absolute Gasteiger partial charge is 0.495 e. The van der Waals surface area contributed by atoms with Crippen LogP contribution in [0.2, 0.25) is 0 Å². The lowest BCUT2D eigenvalue weighted by atomic mass is 10.1. The van der Waals surface area contributed by atoms with Gasteiger partial charge in [0.1, 0.15) is 11.4 Å². The highest BCUT2D eigenvalue weighted by Crippen LogP contribution is 2.11. The van der Waals surface area contributed by atoms with Crippen LogP contribution in [0.3, 0.4) is 0 Å². The molecule has 0 spiro atoms. The molecule has 1 amide bonds. The van der Waals surface area contributed by atoms with Gasteiger partial charge in [-0.1, -0.05) is 0 Å². The molecule has 0 aliphatic carbocycles. The van der Waals surface area contributed by atoms with Crippen molar-refractivity contribution in [2.75, 3.05) is 13.7 Å². The number of nitrogens with two attached hydrogens (primary N) is 1. The van der Waals surface area contributed by atoms with Gasteiger partial charge in [0.05, 0.1) is 13.3 Å². The van der Waals surface area contributed by atoms with Crippen molar-refractivity contribution in [3.63, 3.8) is 0 Å². The van der Waals surface area contributed by atoms with E-state index in [4.69, 9.17) is 15.2 Å². The predicted octanol–water partition coefficient (Wildman–Crippen LogP) is 1.48. The smallest absolute Gasteiger partial charge is 0.407 e. The van der Waals surface area contributed by atoms with Gasteiger partial charge in [-0.25, -0.2) is 4.79 Å². The van der Waals surface area contributed by atoms with Gasteiger partial charge in [-0.05, 0) is 38.8 Å². The summed E-state index contributed by atoms with van der Waals surface area (Å²) in [7, 11) is 1.59. The third kappa shape index (κ3) is 6.38. The lowest BCUT2D eigenvalue weighted by Crippen LogP contribution is -2.41. The number of carbonyl (C=O) groups excluding carboxylic acids is 1. The molecule has 20 heavy (non-hydrogen) atoms. The minimum atomic E-state index is -0.509. The number of nitrogens with zero attached hydrogens (tertiary/aromatic N) is 1. The highest BCUT2D eigenvalue weighted by Gasteiger charge is 2.16. The van der Waals surface area contributed by atoms with E-state index in [2.05, 4.69) is 10.3 Å². The van der Waals surface area contributed by atoms with Crippen LogP contribution in [-0.2, 0) is 11.2 Å². The number of methoxy groups -OCH3 is 1. The fraction of sp³-hybridized carbons (Fsp3) is 0.571. The zero-order chi connectivity index (χ0) is 15.2. The molecule has 0 saturated carbocycles. The minimum absolute atomic E-state index is 0.212. The van der Waals surface area contributed by atoms with Gasteiger partial charge in [0, 0.05) is 18.8 Å². The summed E-state index contributed by atoms with van der Waals surface area (Å²) in [5.41, 5.74) is 6.42. The molecule has 1 aromatic rings. The molecule has 0 aliphatic heterocycles. The molecule has 1 unspecified atom stereocenters. The lowest BCUT2D eigenvalue weighted by molar-refractivity contribution is 0.0524. The second-order valence-corrected chi connectivity index (χ2v) is 5.58. The van der Waals surface area contributed by atoms with Crippen molar-refractivity contribution >= 4 is 6.09 Å². The van der Waals surface area contributed by atoms with E-state index < -0.39 is 11.7 Å². The van der Waals surface area contributed by atoms with Gasteiger partial charge in [0.2, 0.25) is 0 Å². The van der Waals surface area contributed by atoms with Crippen molar-refractivity contribution in [1.82, 2.24) is 10.3 Å². The average Bonchev–Trinajstić information content (AvgIpc) is 2.34. The van der Waals surface area contributed by atoms with Gasteiger partial charge in [-0.2, -0.15) is 0 Å². The first-order valence-corrected chi connectivity index (χ1v) is 6.50. The molecule has 6 heteroatoms. The number of hydrogen-bond donors (Lipinski definition) is 2. The minimum Gasteiger partial charge on any atom is -0.495 e. The Morgan fingerprint density at radius 1 is 1.45 bits per heavy atom. The number of hydrogen-bond acceptors (Lipinski definition) is 5. The Balaban J connectivity index is 2.40. The van der Waals surface area contributed by atoms with Gasteiger partial charge in [-0.3, -0.25) is 4.98 Å². The molecule has 0 aromatic carbocycles. The Morgan fingerprint density at radius 2 is 2.15 bits per heavy atom. The summed E-state index contributed by atoms with van der Waals surface area (Å²) in [6, 6.07) is 1.66. The second-order valence-electron chi connectivity index (χ2n) is 5.58. The Kier molecular flexibility index (Phi) is 5.76. The van der Waals surface area contributed by atoms with Crippen molar-refractivity contribution in [1.29, 1.82) is 0 Å².